The molecule has 0 fully saturated rings. The zero-order valence-corrected chi connectivity index (χ0v) is 13.3. The van der Waals surface area contributed by atoms with E-state index in [1.165, 1.54) is 0 Å². The van der Waals surface area contributed by atoms with Gasteiger partial charge in [-0.1, -0.05) is 48.5 Å². The lowest BCUT2D eigenvalue weighted by Gasteiger charge is -2.08. The van der Waals surface area contributed by atoms with Crippen molar-refractivity contribution in [3.63, 3.8) is 0 Å². The molecule has 4 nitrogen and oxygen atoms in total. The second kappa shape index (κ2) is 8.13. The third kappa shape index (κ3) is 4.57. The predicted octanol–water partition coefficient (Wildman–Crippen LogP) is 3.87. The molecule has 1 amide bonds. The van der Waals surface area contributed by atoms with E-state index in [0.29, 0.717) is 13.2 Å². The number of fused-ring (bicyclic) bond motifs is 1. The highest BCUT2D eigenvalue weighted by atomic mass is 16.5. The number of hydrogen-bond acceptors (Lipinski definition) is 3. The number of rotatable bonds is 7. The molecule has 122 valence electrons. The fourth-order valence-electron chi connectivity index (χ4n) is 2.36. The van der Waals surface area contributed by atoms with Crippen molar-refractivity contribution in [3.05, 3.63) is 72.8 Å². The summed E-state index contributed by atoms with van der Waals surface area (Å²) >= 11 is 0. The van der Waals surface area contributed by atoms with Gasteiger partial charge < -0.3 is 14.8 Å². The van der Waals surface area contributed by atoms with E-state index in [9.17, 15) is 4.79 Å². The van der Waals surface area contributed by atoms with Gasteiger partial charge in [-0.3, -0.25) is 4.79 Å². The second-order valence-corrected chi connectivity index (χ2v) is 5.32. The van der Waals surface area contributed by atoms with Crippen LogP contribution in [0.5, 0.6) is 5.75 Å². The van der Waals surface area contributed by atoms with Crippen LogP contribution in [-0.2, 0) is 9.53 Å². The molecule has 0 radical (unpaired) electrons. The van der Waals surface area contributed by atoms with Crippen LogP contribution >= 0.6 is 0 Å². The summed E-state index contributed by atoms with van der Waals surface area (Å²) in [6, 6.07) is 23.4. The molecule has 0 aliphatic heterocycles. The van der Waals surface area contributed by atoms with Gasteiger partial charge in [0.25, 0.3) is 0 Å². The van der Waals surface area contributed by atoms with Crippen LogP contribution in [0.2, 0.25) is 0 Å². The van der Waals surface area contributed by atoms with Crippen molar-refractivity contribution in [2.45, 2.75) is 0 Å². The maximum Gasteiger partial charge on any atom is 0.250 e. The third-order valence-corrected chi connectivity index (χ3v) is 3.51. The summed E-state index contributed by atoms with van der Waals surface area (Å²) in [5.74, 6) is 0.617. The summed E-state index contributed by atoms with van der Waals surface area (Å²) < 4.78 is 10.8. The topological polar surface area (TPSA) is 47.6 Å². The van der Waals surface area contributed by atoms with Crippen LogP contribution in [0.25, 0.3) is 10.8 Å². The van der Waals surface area contributed by atoms with Crippen LogP contribution in [0, 0.1) is 0 Å². The van der Waals surface area contributed by atoms with Crippen LogP contribution in [-0.4, -0.2) is 25.7 Å². The number of hydrogen-bond donors (Lipinski definition) is 1. The molecule has 3 aromatic rings. The summed E-state index contributed by atoms with van der Waals surface area (Å²) in [6.07, 6.45) is 0. The molecule has 0 heterocycles. The highest BCUT2D eigenvalue weighted by Crippen LogP contribution is 2.18. The Morgan fingerprint density at radius 2 is 1.58 bits per heavy atom. The second-order valence-electron chi connectivity index (χ2n) is 5.32. The minimum Gasteiger partial charge on any atom is -0.491 e. The summed E-state index contributed by atoms with van der Waals surface area (Å²) in [5.41, 5.74) is 0.767. The van der Waals surface area contributed by atoms with Gasteiger partial charge in [0, 0.05) is 5.69 Å². The smallest absolute Gasteiger partial charge is 0.250 e. The number of anilines is 1. The molecule has 0 aromatic heterocycles. The Kier molecular flexibility index (Phi) is 5.43. The Morgan fingerprint density at radius 1 is 0.833 bits per heavy atom. The van der Waals surface area contributed by atoms with Gasteiger partial charge in [0.2, 0.25) is 5.91 Å². The number of nitrogens with one attached hydrogen (secondary N) is 1. The highest BCUT2D eigenvalue weighted by Gasteiger charge is 2.03. The highest BCUT2D eigenvalue weighted by molar-refractivity contribution is 5.95. The van der Waals surface area contributed by atoms with Gasteiger partial charge in [0.15, 0.2) is 0 Å². The van der Waals surface area contributed by atoms with Gasteiger partial charge in [-0.2, -0.15) is 0 Å². The van der Waals surface area contributed by atoms with Crippen LogP contribution in [0.1, 0.15) is 0 Å². The number of ether oxygens (including phenoxy) is 2. The number of para-hydroxylation sites is 1. The summed E-state index contributed by atoms with van der Waals surface area (Å²) in [7, 11) is 0. The Bertz CT molecular complexity index is 802. The van der Waals surface area contributed by atoms with Crippen molar-refractivity contribution < 1.29 is 14.3 Å². The van der Waals surface area contributed by atoms with E-state index in [2.05, 4.69) is 5.32 Å². The number of carbonyl (C=O) groups excluding carboxylic acids is 1. The lowest BCUT2D eigenvalue weighted by molar-refractivity contribution is -0.120. The van der Waals surface area contributed by atoms with Crippen molar-refractivity contribution in [3.8, 4) is 5.75 Å². The van der Waals surface area contributed by atoms with Crippen LogP contribution in [0.15, 0.2) is 72.8 Å². The van der Waals surface area contributed by atoms with E-state index < -0.39 is 0 Å². The average Bonchev–Trinajstić information content (AvgIpc) is 2.62. The summed E-state index contributed by atoms with van der Waals surface area (Å²) in [5, 5.41) is 5.07. The summed E-state index contributed by atoms with van der Waals surface area (Å²) in [6.45, 7) is 0.776. The van der Waals surface area contributed by atoms with Crippen molar-refractivity contribution in [2.75, 3.05) is 25.1 Å². The molecule has 0 atom stereocenters. The minimum atomic E-state index is -0.176. The van der Waals surface area contributed by atoms with Gasteiger partial charge in [-0.05, 0) is 35.0 Å². The third-order valence-electron chi connectivity index (χ3n) is 3.51. The molecule has 24 heavy (non-hydrogen) atoms. The molecule has 0 spiro atoms. The van der Waals surface area contributed by atoms with Gasteiger partial charge in [-0.25, -0.2) is 0 Å². The van der Waals surface area contributed by atoms with Crippen molar-refractivity contribution in [1.82, 2.24) is 0 Å². The molecule has 4 heteroatoms. The molecule has 0 saturated heterocycles. The molecule has 3 aromatic carbocycles. The predicted molar refractivity (Wildman–Crippen MR) is 95.3 cm³/mol. The van der Waals surface area contributed by atoms with E-state index in [0.717, 1.165) is 22.2 Å². The first-order valence-corrected chi connectivity index (χ1v) is 7.85. The average molecular weight is 321 g/mol. The van der Waals surface area contributed by atoms with E-state index in [1.807, 2.05) is 72.8 Å². The van der Waals surface area contributed by atoms with Gasteiger partial charge in [0.05, 0.1) is 6.61 Å². The number of benzene rings is 3. The zero-order valence-electron chi connectivity index (χ0n) is 13.3. The van der Waals surface area contributed by atoms with Gasteiger partial charge in [0.1, 0.15) is 19.0 Å². The van der Waals surface area contributed by atoms with Crippen molar-refractivity contribution >= 4 is 22.4 Å². The molecule has 1 N–H and O–H groups in total. The fraction of sp³-hybridized carbons (Fsp3) is 0.150. The molecule has 0 bridgehead atoms. The molecule has 0 unspecified atom stereocenters. The van der Waals surface area contributed by atoms with E-state index >= 15 is 0 Å². The standard InChI is InChI=1S/C20H19NO3/c22-20(15-23-12-13-24-19-8-2-1-3-9-19)21-18-11-10-16-6-4-5-7-17(16)14-18/h1-11,14H,12-13,15H2,(H,21,22). The maximum atomic E-state index is 11.9. The van der Waals surface area contributed by atoms with E-state index in [1.54, 1.807) is 0 Å². The number of carbonyl (C=O) groups is 1. The lowest BCUT2D eigenvalue weighted by Crippen LogP contribution is -2.20. The first-order valence-electron chi connectivity index (χ1n) is 7.85. The monoisotopic (exact) mass is 321 g/mol. The van der Waals surface area contributed by atoms with E-state index in [-0.39, 0.29) is 12.5 Å². The fourth-order valence-corrected chi connectivity index (χ4v) is 2.36. The Morgan fingerprint density at radius 3 is 2.42 bits per heavy atom. The molecule has 0 saturated carbocycles. The lowest BCUT2D eigenvalue weighted by atomic mass is 10.1. The Labute approximate surface area is 141 Å². The molecule has 3 rings (SSSR count). The van der Waals surface area contributed by atoms with Crippen molar-refractivity contribution in [2.24, 2.45) is 0 Å². The molecular formula is C20H19NO3. The van der Waals surface area contributed by atoms with Gasteiger partial charge in [-0.15, -0.1) is 0 Å². The first-order chi connectivity index (χ1) is 11.8. The molecular weight excluding hydrogens is 302 g/mol. The largest absolute Gasteiger partial charge is 0.491 e. The Hall–Kier alpha value is -2.85. The summed E-state index contributed by atoms with van der Waals surface area (Å²) in [4.78, 5) is 11.9. The quantitative estimate of drug-likeness (QED) is 0.672. The SMILES string of the molecule is O=C(COCCOc1ccccc1)Nc1ccc2ccccc2c1. The molecule has 0 aliphatic rings. The minimum absolute atomic E-state index is 0.00494. The van der Waals surface area contributed by atoms with Gasteiger partial charge >= 0.3 is 0 Å². The van der Waals surface area contributed by atoms with Crippen LogP contribution in [0.4, 0.5) is 5.69 Å². The zero-order chi connectivity index (χ0) is 16.6. The normalized spacial score (nSPS) is 10.5. The first kappa shape index (κ1) is 16.0. The van der Waals surface area contributed by atoms with Crippen molar-refractivity contribution in [1.29, 1.82) is 0 Å². The Balaban J connectivity index is 1.40. The van der Waals surface area contributed by atoms with Crippen LogP contribution in [0.3, 0.4) is 0 Å². The number of amides is 1. The van der Waals surface area contributed by atoms with E-state index in [4.69, 9.17) is 9.47 Å². The maximum absolute atomic E-state index is 11.9. The van der Waals surface area contributed by atoms with Crippen LogP contribution < -0.4 is 10.1 Å². The molecule has 0 aliphatic carbocycles.